The molecule has 4 rings (SSSR count). The van der Waals surface area contributed by atoms with E-state index >= 15 is 0 Å². The normalized spacial score (nSPS) is 11.7. The van der Waals surface area contributed by atoms with Gasteiger partial charge in [-0.15, -0.1) is 10.2 Å². The molecule has 2 aromatic heterocycles. The highest BCUT2D eigenvalue weighted by molar-refractivity contribution is 8.00. The Kier molecular flexibility index (Phi) is 6.66. The number of urea groups is 1. The van der Waals surface area contributed by atoms with Gasteiger partial charge in [0.2, 0.25) is 11.7 Å². The monoisotopic (exact) mass is 447 g/mol. The maximum Gasteiger partial charge on any atom is 0.325 e. The van der Waals surface area contributed by atoms with Crippen LogP contribution < -0.4 is 10.6 Å². The number of amides is 3. The molecule has 0 aliphatic rings. The van der Waals surface area contributed by atoms with Gasteiger partial charge < -0.3 is 9.73 Å². The van der Waals surface area contributed by atoms with Gasteiger partial charge in [-0.3, -0.25) is 14.7 Å². The van der Waals surface area contributed by atoms with Crippen LogP contribution in [0.2, 0.25) is 0 Å². The van der Waals surface area contributed by atoms with Crippen molar-refractivity contribution in [1.82, 2.24) is 20.1 Å². The van der Waals surface area contributed by atoms with Gasteiger partial charge in [0.05, 0.1) is 18.1 Å². The van der Waals surface area contributed by atoms with E-state index < -0.39 is 17.2 Å². The zero-order valence-corrected chi connectivity index (χ0v) is 18.1. The summed E-state index contributed by atoms with van der Waals surface area (Å²) in [7, 11) is 0. The number of benzene rings is 2. The second-order valence-corrected chi connectivity index (χ2v) is 8.23. The summed E-state index contributed by atoms with van der Waals surface area (Å²) in [5, 5.41) is 13.5. The number of aromatic nitrogens is 3. The Morgan fingerprint density at radius 1 is 1.00 bits per heavy atom. The van der Waals surface area contributed by atoms with Gasteiger partial charge in [0.1, 0.15) is 0 Å². The Morgan fingerprint density at radius 3 is 2.41 bits per heavy atom. The first-order valence-corrected chi connectivity index (χ1v) is 10.8. The molecule has 0 fully saturated rings. The molecular weight excluding hydrogens is 426 g/mol. The molecule has 0 spiro atoms. The molecule has 0 radical (unpaired) electrons. The predicted octanol–water partition coefficient (Wildman–Crippen LogP) is 4.42. The summed E-state index contributed by atoms with van der Waals surface area (Å²) < 4.78 is 7.40. The molecule has 8 nitrogen and oxygen atoms in total. The minimum Gasteiger partial charge on any atom is -0.461 e. The quantitative estimate of drug-likeness (QED) is 0.407. The van der Waals surface area contributed by atoms with Crippen LogP contribution in [0.1, 0.15) is 12.5 Å². The fourth-order valence-electron chi connectivity index (χ4n) is 2.98. The lowest BCUT2D eigenvalue weighted by molar-refractivity contribution is -0.119. The average Bonchev–Trinajstić information content (AvgIpc) is 3.45. The number of thioether (sulfide) groups is 1. The van der Waals surface area contributed by atoms with Crippen molar-refractivity contribution in [2.45, 2.75) is 23.9 Å². The number of para-hydroxylation sites is 1. The highest BCUT2D eigenvalue weighted by Crippen LogP contribution is 2.28. The molecule has 0 bridgehead atoms. The van der Waals surface area contributed by atoms with Gasteiger partial charge in [-0.2, -0.15) is 0 Å². The van der Waals surface area contributed by atoms with Crippen molar-refractivity contribution < 1.29 is 14.0 Å². The van der Waals surface area contributed by atoms with E-state index in [0.717, 1.165) is 5.56 Å². The van der Waals surface area contributed by atoms with E-state index in [9.17, 15) is 9.59 Å². The molecule has 32 heavy (non-hydrogen) atoms. The van der Waals surface area contributed by atoms with Gasteiger partial charge in [-0.25, -0.2) is 4.79 Å². The molecule has 2 aromatic carbocycles. The first-order chi connectivity index (χ1) is 15.6. The Labute approximate surface area is 189 Å². The first kappa shape index (κ1) is 21.4. The number of carbonyl (C=O) groups is 2. The van der Waals surface area contributed by atoms with Crippen molar-refractivity contribution >= 4 is 29.4 Å². The second-order valence-electron chi connectivity index (χ2n) is 6.92. The third kappa shape index (κ3) is 5.25. The van der Waals surface area contributed by atoms with Crippen molar-refractivity contribution in [3.05, 3.63) is 84.6 Å². The molecule has 1 unspecified atom stereocenters. The zero-order valence-electron chi connectivity index (χ0n) is 17.3. The van der Waals surface area contributed by atoms with Crippen molar-refractivity contribution in [3.8, 4) is 11.6 Å². The smallest absolute Gasteiger partial charge is 0.325 e. The Balaban J connectivity index is 1.48. The van der Waals surface area contributed by atoms with Crippen LogP contribution in [0.5, 0.6) is 0 Å². The molecule has 2 N–H and O–H groups in total. The lowest BCUT2D eigenvalue weighted by Gasteiger charge is -2.13. The third-order valence-electron chi connectivity index (χ3n) is 4.56. The van der Waals surface area contributed by atoms with Crippen LogP contribution in [-0.2, 0) is 11.3 Å². The van der Waals surface area contributed by atoms with Crippen LogP contribution >= 0.6 is 11.8 Å². The van der Waals surface area contributed by atoms with Gasteiger partial charge in [-0.05, 0) is 36.8 Å². The van der Waals surface area contributed by atoms with E-state index in [1.54, 1.807) is 43.5 Å². The molecule has 1 atom stereocenters. The van der Waals surface area contributed by atoms with E-state index in [1.807, 2.05) is 47.0 Å². The third-order valence-corrected chi connectivity index (χ3v) is 5.64. The highest BCUT2D eigenvalue weighted by Gasteiger charge is 2.23. The lowest BCUT2D eigenvalue weighted by atomic mass is 10.2. The average molecular weight is 448 g/mol. The summed E-state index contributed by atoms with van der Waals surface area (Å²) in [6.45, 7) is 2.22. The first-order valence-electron chi connectivity index (χ1n) is 9.94. The molecule has 4 aromatic rings. The summed E-state index contributed by atoms with van der Waals surface area (Å²) in [6.07, 6.45) is 1.57. The van der Waals surface area contributed by atoms with Gasteiger partial charge in [0.25, 0.3) is 0 Å². The molecule has 162 valence electrons. The van der Waals surface area contributed by atoms with E-state index in [4.69, 9.17) is 4.42 Å². The van der Waals surface area contributed by atoms with E-state index in [1.165, 1.54) is 11.8 Å². The second kappa shape index (κ2) is 9.97. The van der Waals surface area contributed by atoms with Crippen LogP contribution in [0.25, 0.3) is 11.6 Å². The van der Waals surface area contributed by atoms with E-state index in [0.29, 0.717) is 29.0 Å². The van der Waals surface area contributed by atoms with Crippen LogP contribution in [0.4, 0.5) is 10.5 Å². The number of rotatable bonds is 7. The summed E-state index contributed by atoms with van der Waals surface area (Å²) >= 11 is 1.22. The number of hydrogen-bond donors (Lipinski definition) is 2. The number of nitrogens with zero attached hydrogens (tertiary/aromatic N) is 3. The number of furan rings is 1. The molecule has 3 amide bonds. The molecule has 0 saturated heterocycles. The Bertz CT molecular complexity index is 1180. The maximum absolute atomic E-state index is 12.6. The summed E-state index contributed by atoms with van der Waals surface area (Å²) in [5.41, 5.74) is 1.66. The number of anilines is 1. The number of carbonyl (C=O) groups excluding carboxylic acids is 2. The van der Waals surface area contributed by atoms with Crippen LogP contribution in [0.15, 0.2) is 88.6 Å². The van der Waals surface area contributed by atoms with Crippen LogP contribution in [-0.4, -0.2) is 32.0 Å². The lowest BCUT2D eigenvalue weighted by Crippen LogP contribution is -2.39. The maximum atomic E-state index is 12.6. The number of imide groups is 1. The number of nitrogens with one attached hydrogen (secondary N) is 2. The molecular formula is C23H21N5O3S. The molecule has 0 aliphatic carbocycles. The van der Waals surface area contributed by atoms with Crippen molar-refractivity contribution in [3.63, 3.8) is 0 Å². The molecule has 2 heterocycles. The Hall–Kier alpha value is -3.85. The van der Waals surface area contributed by atoms with E-state index in [2.05, 4.69) is 20.8 Å². The summed E-state index contributed by atoms with van der Waals surface area (Å²) in [4.78, 5) is 24.7. The van der Waals surface area contributed by atoms with Crippen molar-refractivity contribution in [2.24, 2.45) is 0 Å². The van der Waals surface area contributed by atoms with Crippen molar-refractivity contribution in [2.75, 3.05) is 5.32 Å². The minimum absolute atomic E-state index is 0.433. The van der Waals surface area contributed by atoms with Crippen LogP contribution in [0, 0.1) is 0 Å². The largest absolute Gasteiger partial charge is 0.461 e. The van der Waals surface area contributed by atoms with Crippen molar-refractivity contribution in [1.29, 1.82) is 0 Å². The molecule has 9 heteroatoms. The topological polar surface area (TPSA) is 102 Å². The van der Waals surface area contributed by atoms with Gasteiger partial charge in [0.15, 0.2) is 10.9 Å². The standard InChI is InChI=1S/C23H21N5O3S/c1-16(21(29)25-22(30)24-18-11-6-3-7-12-18)32-23-27-26-20(19-13-8-14-31-19)28(23)15-17-9-4-2-5-10-17/h2-14,16H,15H2,1H3,(H2,24,25,29,30). The zero-order chi connectivity index (χ0) is 22.3. The van der Waals surface area contributed by atoms with Crippen LogP contribution in [0.3, 0.4) is 0 Å². The fraction of sp³-hybridized carbons (Fsp3) is 0.130. The van der Waals surface area contributed by atoms with Gasteiger partial charge >= 0.3 is 6.03 Å². The molecule has 0 aliphatic heterocycles. The van der Waals surface area contributed by atoms with Gasteiger partial charge in [-0.1, -0.05) is 60.3 Å². The van der Waals surface area contributed by atoms with E-state index in [-0.39, 0.29) is 0 Å². The predicted molar refractivity (Wildman–Crippen MR) is 122 cm³/mol. The summed E-state index contributed by atoms with van der Waals surface area (Å²) in [6, 6.07) is 21.8. The highest BCUT2D eigenvalue weighted by atomic mass is 32.2. The minimum atomic E-state index is -0.587. The summed E-state index contributed by atoms with van der Waals surface area (Å²) in [5.74, 6) is 0.715. The number of hydrogen-bond acceptors (Lipinski definition) is 6. The SMILES string of the molecule is CC(Sc1nnc(-c2ccco2)n1Cc1ccccc1)C(=O)NC(=O)Nc1ccccc1. The Morgan fingerprint density at radius 2 is 1.72 bits per heavy atom. The molecule has 0 saturated carbocycles. The van der Waals surface area contributed by atoms with Gasteiger partial charge in [0, 0.05) is 5.69 Å². The fourth-order valence-corrected chi connectivity index (χ4v) is 3.83.